The van der Waals surface area contributed by atoms with E-state index in [0.717, 1.165) is 6.42 Å². The number of nitrogens with one attached hydrogen (secondary N) is 1. The van der Waals surface area contributed by atoms with Gasteiger partial charge in [-0.25, -0.2) is 0 Å². The zero-order chi connectivity index (χ0) is 11.1. The molecule has 0 bridgehead atoms. The molecule has 1 aromatic rings. The highest BCUT2D eigenvalue weighted by molar-refractivity contribution is 5.93. The molecular formula is C11H17N3O. The van der Waals surface area contributed by atoms with E-state index >= 15 is 0 Å². The summed E-state index contributed by atoms with van der Waals surface area (Å²) in [5, 5.41) is 0. The van der Waals surface area contributed by atoms with Crippen molar-refractivity contribution in [3.8, 4) is 0 Å². The number of carbonyl (C=O) groups is 1. The summed E-state index contributed by atoms with van der Waals surface area (Å²) >= 11 is 0. The van der Waals surface area contributed by atoms with Crippen molar-refractivity contribution in [3.05, 3.63) is 24.0 Å². The second-order valence-corrected chi connectivity index (χ2v) is 4.78. The van der Waals surface area contributed by atoms with Crippen molar-refractivity contribution in [2.75, 3.05) is 6.54 Å². The number of likely N-dealkylation sites (tertiary alicyclic amines) is 1. The van der Waals surface area contributed by atoms with Crippen molar-refractivity contribution in [1.29, 1.82) is 0 Å². The molecule has 0 saturated carbocycles. The molecule has 3 N–H and O–H groups in total. The van der Waals surface area contributed by atoms with Crippen LogP contribution in [0.1, 0.15) is 30.8 Å². The fourth-order valence-electron chi connectivity index (χ4n) is 2.26. The summed E-state index contributed by atoms with van der Waals surface area (Å²) in [6, 6.07) is 3.72. The van der Waals surface area contributed by atoms with Crippen molar-refractivity contribution in [2.45, 2.75) is 31.8 Å². The van der Waals surface area contributed by atoms with Crippen molar-refractivity contribution in [2.24, 2.45) is 5.73 Å². The summed E-state index contributed by atoms with van der Waals surface area (Å²) in [6.45, 7) is 4.76. The number of aromatic amines is 1. The standard InChI is InChI=1S/C11H17N3O/c1-11(2)6-8(12)7-14(11)10(15)9-4-3-5-13-9/h3-5,8,13H,6-7,12H2,1-2H3. The summed E-state index contributed by atoms with van der Waals surface area (Å²) in [4.78, 5) is 16.9. The van der Waals surface area contributed by atoms with Gasteiger partial charge in [-0.1, -0.05) is 0 Å². The van der Waals surface area contributed by atoms with Gasteiger partial charge in [-0.2, -0.15) is 0 Å². The van der Waals surface area contributed by atoms with Crippen LogP contribution in [0.5, 0.6) is 0 Å². The van der Waals surface area contributed by atoms with Gasteiger partial charge in [0.15, 0.2) is 0 Å². The number of rotatable bonds is 1. The molecule has 2 heterocycles. The Bertz CT molecular complexity index is 356. The van der Waals surface area contributed by atoms with Crippen molar-refractivity contribution in [1.82, 2.24) is 9.88 Å². The molecular weight excluding hydrogens is 190 g/mol. The Labute approximate surface area is 89.5 Å². The van der Waals surface area contributed by atoms with Gasteiger partial charge in [0.1, 0.15) is 5.69 Å². The topological polar surface area (TPSA) is 62.1 Å². The third kappa shape index (κ3) is 1.77. The highest BCUT2D eigenvalue weighted by Gasteiger charge is 2.40. The quantitative estimate of drug-likeness (QED) is 0.720. The monoisotopic (exact) mass is 207 g/mol. The first kappa shape index (κ1) is 10.2. The lowest BCUT2D eigenvalue weighted by atomic mass is 10.0. The summed E-state index contributed by atoms with van der Waals surface area (Å²) in [5.74, 6) is 0.0398. The van der Waals surface area contributed by atoms with Crippen molar-refractivity contribution in [3.63, 3.8) is 0 Å². The molecule has 0 aliphatic carbocycles. The van der Waals surface area contributed by atoms with Gasteiger partial charge in [-0.3, -0.25) is 4.79 Å². The average Bonchev–Trinajstić information content (AvgIpc) is 2.71. The van der Waals surface area contributed by atoms with Crippen LogP contribution in [-0.4, -0.2) is 33.9 Å². The van der Waals surface area contributed by atoms with Gasteiger partial charge in [0.25, 0.3) is 5.91 Å². The van der Waals surface area contributed by atoms with E-state index in [0.29, 0.717) is 12.2 Å². The lowest BCUT2D eigenvalue weighted by Gasteiger charge is -2.30. The fraction of sp³-hybridized carbons (Fsp3) is 0.545. The molecule has 82 valence electrons. The maximum atomic E-state index is 12.1. The van der Waals surface area contributed by atoms with Gasteiger partial charge < -0.3 is 15.6 Å². The molecule has 1 aliphatic heterocycles. The third-order valence-corrected chi connectivity index (χ3v) is 2.98. The molecule has 1 aromatic heterocycles. The first-order chi connectivity index (χ1) is 7.00. The van der Waals surface area contributed by atoms with Crippen LogP contribution in [0.25, 0.3) is 0 Å². The molecule has 1 amide bonds. The second kappa shape index (κ2) is 3.38. The fourth-order valence-corrected chi connectivity index (χ4v) is 2.26. The van der Waals surface area contributed by atoms with Gasteiger partial charge >= 0.3 is 0 Å². The van der Waals surface area contributed by atoms with Crippen LogP contribution >= 0.6 is 0 Å². The predicted molar refractivity (Wildman–Crippen MR) is 58.5 cm³/mol. The highest BCUT2D eigenvalue weighted by Crippen LogP contribution is 2.28. The Hall–Kier alpha value is -1.29. The molecule has 4 nitrogen and oxygen atoms in total. The van der Waals surface area contributed by atoms with E-state index < -0.39 is 0 Å². The first-order valence-corrected chi connectivity index (χ1v) is 5.21. The van der Waals surface area contributed by atoms with Gasteiger partial charge in [0.05, 0.1) is 0 Å². The van der Waals surface area contributed by atoms with E-state index in [4.69, 9.17) is 5.73 Å². The number of amides is 1. The van der Waals surface area contributed by atoms with E-state index in [1.165, 1.54) is 0 Å². The number of hydrogen-bond donors (Lipinski definition) is 2. The number of hydrogen-bond acceptors (Lipinski definition) is 2. The maximum absolute atomic E-state index is 12.1. The van der Waals surface area contributed by atoms with Crippen molar-refractivity contribution < 1.29 is 4.79 Å². The Morgan fingerprint density at radius 3 is 2.87 bits per heavy atom. The minimum absolute atomic E-state index is 0.0398. The Balaban J connectivity index is 2.21. The minimum Gasteiger partial charge on any atom is -0.357 e. The molecule has 15 heavy (non-hydrogen) atoms. The van der Waals surface area contributed by atoms with Crippen LogP contribution in [0.2, 0.25) is 0 Å². The zero-order valence-electron chi connectivity index (χ0n) is 9.16. The number of nitrogens with two attached hydrogens (primary N) is 1. The molecule has 0 radical (unpaired) electrons. The van der Waals surface area contributed by atoms with Gasteiger partial charge in [-0.05, 0) is 32.4 Å². The van der Waals surface area contributed by atoms with Crippen LogP contribution in [0.3, 0.4) is 0 Å². The van der Waals surface area contributed by atoms with Crippen LogP contribution in [0.4, 0.5) is 0 Å². The predicted octanol–water partition coefficient (Wildman–Crippen LogP) is 0.966. The Kier molecular flexibility index (Phi) is 2.31. The van der Waals surface area contributed by atoms with Crippen LogP contribution in [0, 0.1) is 0 Å². The van der Waals surface area contributed by atoms with Crippen LogP contribution in [-0.2, 0) is 0 Å². The number of carbonyl (C=O) groups excluding carboxylic acids is 1. The zero-order valence-corrected chi connectivity index (χ0v) is 9.16. The summed E-state index contributed by atoms with van der Waals surface area (Å²) in [6.07, 6.45) is 2.62. The van der Waals surface area contributed by atoms with E-state index in [-0.39, 0.29) is 17.5 Å². The lowest BCUT2D eigenvalue weighted by molar-refractivity contribution is 0.0646. The largest absolute Gasteiger partial charge is 0.357 e. The highest BCUT2D eigenvalue weighted by atomic mass is 16.2. The van der Waals surface area contributed by atoms with Crippen LogP contribution in [0.15, 0.2) is 18.3 Å². The average molecular weight is 207 g/mol. The lowest BCUT2D eigenvalue weighted by Crippen LogP contribution is -2.43. The molecule has 0 aromatic carbocycles. The molecule has 4 heteroatoms. The van der Waals surface area contributed by atoms with Crippen molar-refractivity contribution >= 4 is 5.91 Å². The second-order valence-electron chi connectivity index (χ2n) is 4.78. The van der Waals surface area contributed by atoms with E-state index in [9.17, 15) is 4.79 Å². The van der Waals surface area contributed by atoms with E-state index in [1.54, 1.807) is 12.3 Å². The van der Waals surface area contributed by atoms with E-state index in [1.807, 2.05) is 11.0 Å². The van der Waals surface area contributed by atoms with Gasteiger partial charge in [0.2, 0.25) is 0 Å². The Morgan fingerprint density at radius 1 is 1.67 bits per heavy atom. The van der Waals surface area contributed by atoms with Gasteiger partial charge in [0, 0.05) is 24.3 Å². The normalized spacial score (nSPS) is 24.5. The minimum atomic E-state index is -0.137. The number of H-pyrrole nitrogens is 1. The molecule has 1 aliphatic rings. The molecule has 0 spiro atoms. The summed E-state index contributed by atoms with van der Waals surface area (Å²) in [5.41, 5.74) is 6.39. The smallest absolute Gasteiger partial charge is 0.270 e. The maximum Gasteiger partial charge on any atom is 0.270 e. The number of aromatic nitrogens is 1. The molecule has 1 atom stereocenters. The molecule has 2 rings (SSSR count). The molecule has 1 fully saturated rings. The molecule has 1 unspecified atom stereocenters. The Morgan fingerprint density at radius 2 is 2.40 bits per heavy atom. The van der Waals surface area contributed by atoms with E-state index in [2.05, 4.69) is 18.8 Å². The number of nitrogens with zero attached hydrogens (tertiary/aromatic N) is 1. The third-order valence-electron chi connectivity index (χ3n) is 2.98. The summed E-state index contributed by atoms with van der Waals surface area (Å²) < 4.78 is 0. The first-order valence-electron chi connectivity index (χ1n) is 5.21. The summed E-state index contributed by atoms with van der Waals surface area (Å²) in [7, 11) is 0. The SMILES string of the molecule is CC1(C)CC(N)CN1C(=O)c1ccc[nH]1. The molecule has 1 saturated heterocycles. The van der Waals surface area contributed by atoms with Gasteiger partial charge in [-0.15, -0.1) is 0 Å². The van der Waals surface area contributed by atoms with Crippen LogP contribution < -0.4 is 5.73 Å².